The standard InChI is InChI=1S/C12H21NO2/c1-15-11(14)12(7-8-12)9-13-10-5-3-2-4-6-10/h10,13H,2-9H2,1H3. The molecule has 15 heavy (non-hydrogen) atoms. The second kappa shape index (κ2) is 4.52. The lowest BCUT2D eigenvalue weighted by molar-refractivity contribution is -0.146. The van der Waals surface area contributed by atoms with Crippen LogP contribution in [0.1, 0.15) is 44.9 Å². The Bertz CT molecular complexity index is 230. The summed E-state index contributed by atoms with van der Waals surface area (Å²) in [6.07, 6.45) is 8.60. The zero-order valence-corrected chi connectivity index (χ0v) is 9.55. The fraction of sp³-hybridized carbons (Fsp3) is 0.917. The monoisotopic (exact) mass is 211 g/mol. The molecule has 0 bridgehead atoms. The number of methoxy groups -OCH3 is 1. The Hall–Kier alpha value is -0.570. The highest BCUT2D eigenvalue weighted by molar-refractivity contribution is 5.80. The lowest BCUT2D eigenvalue weighted by atomic mass is 9.95. The van der Waals surface area contributed by atoms with E-state index in [1.165, 1.54) is 39.2 Å². The summed E-state index contributed by atoms with van der Waals surface area (Å²) < 4.78 is 4.84. The van der Waals surface area contributed by atoms with Gasteiger partial charge >= 0.3 is 5.97 Å². The minimum atomic E-state index is -0.161. The molecule has 2 saturated carbocycles. The third-order valence-electron chi connectivity index (χ3n) is 3.81. The van der Waals surface area contributed by atoms with Crippen LogP contribution < -0.4 is 5.32 Å². The number of rotatable bonds is 4. The summed E-state index contributed by atoms with van der Waals surface area (Å²) in [5.74, 6) is -0.0224. The second-order valence-electron chi connectivity index (χ2n) is 4.99. The second-order valence-corrected chi connectivity index (χ2v) is 4.99. The van der Waals surface area contributed by atoms with E-state index in [0.717, 1.165) is 19.4 Å². The Labute approximate surface area is 91.6 Å². The molecule has 2 fully saturated rings. The number of esters is 1. The largest absolute Gasteiger partial charge is 0.469 e. The highest BCUT2D eigenvalue weighted by Gasteiger charge is 2.50. The fourth-order valence-electron chi connectivity index (χ4n) is 2.47. The van der Waals surface area contributed by atoms with Crippen molar-refractivity contribution in [3.63, 3.8) is 0 Å². The molecule has 0 amide bonds. The van der Waals surface area contributed by atoms with Crippen LogP contribution in [0.15, 0.2) is 0 Å². The van der Waals surface area contributed by atoms with Crippen LogP contribution in [0.2, 0.25) is 0 Å². The number of hydrogen-bond acceptors (Lipinski definition) is 3. The lowest BCUT2D eigenvalue weighted by Gasteiger charge is -2.24. The molecule has 0 aromatic carbocycles. The topological polar surface area (TPSA) is 38.3 Å². The van der Waals surface area contributed by atoms with Gasteiger partial charge in [-0.15, -0.1) is 0 Å². The smallest absolute Gasteiger partial charge is 0.313 e. The molecule has 0 unspecified atom stereocenters. The minimum absolute atomic E-state index is 0.0224. The van der Waals surface area contributed by atoms with Gasteiger partial charge in [-0.3, -0.25) is 4.79 Å². The van der Waals surface area contributed by atoms with Gasteiger partial charge in [0.05, 0.1) is 12.5 Å². The minimum Gasteiger partial charge on any atom is -0.469 e. The molecule has 1 N–H and O–H groups in total. The highest BCUT2D eigenvalue weighted by atomic mass is 16.5. The summed E-state index contributed by atoms with van der Waals surface area (Å²) in [5.41, 5.74) is -0.161. The average Bonchev–Trinajstić information content (AvgIpc) is 3.08. The SMILES string of the molecule is COC(=O)C1(CNC2CCCCC2)CC1. The van der Waals surface area contributed by atoms with Gasteiger partial charge in [-0.05, 0) is 25.7 Å². The van der Waals surface area contributed by atoms with Gasteiger partial charge in [0.1, 0.15) is 0 Å². The van der Waals surface area contributed by atoms with Gasteiger partial charge in [0.2, 0.25) is 0 Å². The summed E-state index contributed by atoms with van der Waals surface area (Å²) in [5, 5.41) is 3.54. The molecule has 3 heteroatoms. The molecule has 0 atom stereocenters. The van der Waals surface area contributed by atoms with Crippen molar-refractivity contribution < 1.29 is 9.53 Å². The maximum atomic E-state index is 11.5. The predicted octanol–water partition coefficient (Wildman–Crippen LogP) is 1.86. The summed E-state index contributed by atoms with van der Waals surface area (Å²) in [7, 11) is 1.49. The molecular weight excluding hydrogens is 190 g/mol. The first-order valence-electron chi connectivity index (χ1n) is 6.09. The van der Waals surface area contributed by atoms with Crippen LogP contribution in [0, 0.1) is 5.41 Å². The van der Waals surface area contributed by atoms with Gasteiger partial charge in [-0.25, -0.2) is 0 Å². The van der Waals surface area contributed by atoms with Crippen LogP contribution in [-0.2, 0) is 9.53 Å². The third kappa shape index (κ3) is 2.51. The van der Waals surface area contributed by atoms with Crippen LogP contribution in [-0.4, -0.2) is 25.7 Å². The number of carbonyl (C=O) groups is 1. The molecule has 2 rings (SSSR count). The molecule has 2 aliphatic carbocycles. The van der Waals surface area contributed by atoms with E-state index in [2.05, 4.69) is 5.32 Å². The van der Waals surface area contributed by atoms with E-state index in [4.69, 9.17) is 4.74 Å². The van der Waals surface area contributed by atoms with Crippen molar-refractivity contribution in [2.24, 2.45) is 5.41 Å². The summed E-state index contributed by atoms with van der Waals surface area (Å²) in [4.78, 5) is 11.5. The first kappa shape index (κ1) is 10.9. The molecule has 0 aromatic rings. The molecule has 0 aliphatic heterocycles. The fourth-order valence-corrected chi connectivity index (χ4v) is 2.47. The van der Waals surface area contributed by atoms with E-state index < -0.39 is 0 Å². The number of carbonyl (C=O) groups excluding carboxylic acids is 1. The molecular formula is C12H21NO2. The van der Waals surface area contributed by atoms with Crippen molar-refractivity contribution in [1.29, 1.82) is 0 Å². The van der Waals surface area contributed by atoms with Gasteiger partial charge < -0.3 is 10.1 Å². The van der Waals surface area contributed by atoms with Crippen molar-refractivity contribution in [2.75, 3.05) is 13.7 Å². The van der Waals surface area contributed by atoms with Crippen molar-refractivity contribution >= 4 is 5.97 Å². The lowest BCUT2D eigenvalue weighted by Crippen LogP contribution is -2.38. The van der Waals surface area contributed by atoms with E-state index in [1.54, 1.807) is 0 Å². The average molecular weight is 211 g/mol. The van der Waals surface area contributed by atoms with Gasteiger partial charge in [-0.1, -0.05) is 19.3 Å². The van der Waals surface area contributed by atoms with Crippen LogP contribution in [0.5, 0.6) is 0 Å². The van der Waals surface area contributed by atoms with E-state index >= 15 is 0 Å². The first-order chi connectivity index (χ1) is 7.27. The molecule has 0 spiro atoms. The van der Waals surface area contributed by atoms with Crippen molar-refractivity contribution in [3.8, 4) is 0 Å². The van der Waals surface area contributed by atoms with Crippen molar-refractivity contribution in [3.05, 3.63) is 0 Å². The van der Waals surface area contributed by atoms with E-state index in [-0.39, 0.29) is 11.4 Å². The zero-order valence-electron chi connectivity index (χ0n) is 9.55. The van der Waals surface area contributed by atoms with Crippen LogP contribution in [0.25, 0.3) is 0 Å². The molecule has 0 radical (unpaired) electrons. The van der Waals surface area contributed by atoms with Crippen LogP contribution in [0.3, 0.4) is 0 Å². The third-order valence-corrected chi connectivity index (χ3v) is 3.81. The van der Waals surface area contributed by atoms with Crippen LogP contribution >= 0.6 is 0 Å². The Balaban J connectivity index is 1.75. The maximum absolute atomic E-state index is 11.5. The van der Waals surface area contributed by atoms with Crippen LogP contribution in [0.4, 0.5) is 0 Å². The number of hydrogen-bond donors (Lipinski definition) is 1. The highest BCUT2D eigenvalue weighted by Crippen LogP contribution is 2.46. The molecule has 3 nitrogen and oxygen atoms in total. The normalized spacial score (nSPS) is 24.9. The summed E-state index contributed by atoms with van der Waals surface area (Å²) >= 11 is 0. The maximum Gasteiger partial charge on any atom is 0.313 e. The van der Waals surface area contributed by atoms with Gasteiger partial charge in [0, 0.05) is 12.6 Å². The first-order valence-corrected chi connectivity index (χ1v) is 6.09. The Kier molecular flexibility index (Phi) is 3.29. The molecule has 0 aromatic heterocycles. The van der Waals surface area contributed by atoms with E-state index in [1.807, 2.05) is 0 Å². The van der Waals surface area contributed by atoms with E-state index in [9.17, 15) is 4.79 Å². The Morgan fingerprint density at radius 2 is 2.00 bits per heavy atom. The zero-order chi connectivity index (χ0) is 10.7. The molecule has 0 saturated heterocycles. The van der Waals surface area contributed by atoms with Gasteiger partial charge in [-0.2, -0.15) is 0 Å². The molecule has 0 heterocycles. The predicted molar refractivity (Wildman–Crippen MR) is 58.6 cm³/mol. The van der Waals surface area contributed by atoms with Gasteiger partial charge in [0.15, 0.2) is 0 Å². The summed E-state index contributed by atoms with van der Waals surface area (Å²) in [6.45, 7) is 0.824. The number of ether oxygens (including phenoxy) is 1. The van der Waals surface area contributed by atoms with Crippen molar-refractivity contribution in [1.82, 2.24) is 5.32 Å². The molecule has 86 valence electrons. The van der Waals surface area contributed by atoms with E-state index in [0.29, 0.717) is 6.04 Å². The quantitative estimate of drug-likeness (QED) is 0.721. The Morgan fingerprint density at radius 3 is 2.53 bits per heavy atom. The molecule has 2 aliphatic rings. The van der Waals surface area contributed by atoms with Crippen molar-refractivity contribution in [2.45, 2.75) is 51.0 Å². The summed E-state index contributed by atoms with van der Waals surface area (Å²) in [6, 6.07) is 0.640. The number of nitrogens with one attached hydrogen (secondary N) is 1. The van der Waals surface area contributed by atoms with Gasteiger partial charge in [0.25, 0.3) is 0 Å². The Morgan fingerprint density at radius 1 is 1.33 bits per heavy atom.